The molecule has 3 aliphatic heterocycles. The Kier molecular flexibility index (Phi) is 6.40. The first kappa shape index (κ1) is 25.3. The Labute approximate surface area is 220 Å². The van der Waals surface area contributed by atoms with E-state index in [-0.39, 0.29) is 36.4 Å². The van der Waals surface area contributed by atoms with Crippen molar-refractivity contribution < 1.29 is 31.5 Å². The summed E-state index contributed by atoms with van der Waals surface area (Å²) < 4.78 is 67.9. The summed E-state index contributed by atoms with van der Waals surface area (Å²) in [7, 11) is -2.06. The van der Waals surface area contributed by atoms with E-state index in [2.05, 4.69) is 5.32 Å². The summed E-state index contributed by atoms with van der Waals surface area (Å²) in [6, 6.07) is 7.37. The number of hydrogen-bond acceptors (Lipinski definition) is 6. The summed E-state index contributed by atoms with van der Waals surface area (Å²) >= 11 is 0. The SMILES string of the molecule is CNCC(C(=O)N1CC2=C(C1)CN(S(=O)(=O)c1ccc3c(c1)OCCO3)C2)c1cc(F)c(F)c(C2CC2)c1. The molecular weight excluding hydrogens is 516 g/mol. The molecule has 1 atom stereocenters. The fraction of sp³-hybridized carbons (Fsp3) is 0.444. The van der Waals surface area contributed by atoms with Crippen molar-refractivity contribution in [3.05, 3.63) is 64.2 Å². The van der Waals surface area contributed by atoms with Gasteiger partial charge in [-0.05, 0) is 66.3 Å². The zero-order valence-corrected chi connectivity index (χ0v) is 21.8. The molecule has 0 radical (unpaired) electrons. The number of carbonyl (C=O) groups is 1. The zero-order valence-electron chi connectivity index (χ0n) is 21.0. The number of benzene rings is 2. The number of carbonyl (C=O) groups excluding carboxylic acids is 1. The van der Waals surface area contributed by atoms with Gasteiger partial charge < -0.3 is 19.7 Å². The molecule has 1 fully saturated rings. The summed E-state index contributed by atoms with van der Waals surface area (Å²) in [5, 5.41) is 3.00. The van der Waals surface area contributed by atoms with Crippen molar-refractivity contribution in [3.8, 4) is 11.5 Å². The van der Waals surface area contributed by atoms with Gasteiger partial charge in [0.15, 0.2) is 23.1 Å². The van der Waals surface area contributed by atoms with Gasteiger partial charge >= 0.3 is 0 Å². The normalized spacial score (nSPS) is 20.1. The fourth-order valence-corrected chi connectivity index (χ4v) is 6.95. The van der Waals surface area contributed by atoms with Crippen LogP contribution in [0.25, 0.3) is 0 Å². The molecule has 1 N–H and O–H groups in total. The quantitative estimate of drug-likeness (QED) is 0.539. The lowest BCUT2D eigenvalue weighted by Crippen LogP contribution is -2.40. The first-order valence-electron chi connectivity index (χ1n) is 12.8. The Bertz CT molecular complexity index is 1420. The third kappa shape index (κ3) is 4.46. The van der Waals surface area contributed by atoms with Crippen molar-refractivity contribution >= 4 is 15.9 Å². The lowest BCUT2D eigenvalue weighted by molar-refractivity contribution is -0.131. The van der Waals surface area contributed by atoms with Crippen molar-refractivity contribution in [2.75, 3.05) is 53.0 Å². The Morgan fingerprint density at radius 1 is 1.03 bits per heavy atom. The van der Waals surface area contributed by atoms with Crippen LogP contribution < -0.4 is 14.8 Å². The number of hydrogen-bond donors (Lipinski definition) is 1. The van der Waals surface area contributed by atoms with Crippen LogP contribution >= 0.6 is 0 Å². The highest BCUT2D eigenvalue weighted by atomic mass is 32.2. The number of fused-ring (bicyclic) bond motifs is 1. The zero-order chi connectivity index (χ0) is 26.6. The molecule has 2 aromatic carbocycles. The van der Waals surface area contributed by atoms with E-state index in [1.54, 1.807) is 24.1 Å². The van der Waals surface area contributed by atoms with Gasteiger partial charge in [-0.2, -0.15) is 4.31 Å². The van der Waals surface area contributed by atoms with E-state index >= 15 is 0 Å². The number of nitrogens with zero attached hydrogens (tertiary/aromatic N) is 2. The molecule has 0 aromatic heterocycles. The standard InChI is InChI=1S/C27H29F2N3O5S/c1-30-11-22(17-8-21(16-2-3-16)26(29)23(28)9-17)27(33)31-12-18-14-32(15-19(18)13-31)38(34,35)20-4-5-24-25(10-20)37-7-6-36-24/h4-5,8-10,16,22,30H,2-3,6-7,11-15H2,1H3. The minimum atomic E-state index is -3.77. The molecular formula is C27H29F2N3O5S. The third-order valence-corrected chi connectivity index (χ3v) is 9.45. The van der Waals surface area contributed by atoms with Gasteiger partial charge in [0.25, 0.3) is 0 Å². The molecule has 0 bridgehead atoms. The lowest BCUT2D eigenvalue weighted by atomic mass is 9.94. The molecule has 8 nitrogen and oxygen atoms in total. The number of amides is 1. The predicted molar refractivity (Wildman–Crippen MR) is 135 cm³/mol. The number of rotatable bonds is 7. The maximum atomic E-state index is 14.4. The molecule has 6 rings (SSSR count). The van der Waals surface area contributed by atoms with Gasteiger partial charge in [-0.25, -0.2) is 17.2 Å². The molecule has 0 saturated heterocycles. The number of nitrogens with one attached hydrogen (secondary N) is 1. The molecule has 1 unspecified atom stereocenters. The maximum Gasteiger partial charge on any atom is 0.243 e. The minimum absolute atomic E-state index is 0.00850. The molecule has 38 heavy (non-hydrogen) atoms. The third-order valence-electron chi connectivity index (χ3n) is 7.67. The van der Waals surface area contributed by atoms with Crippen LogP contribution in [0, 0.1) is 11.6 Å². The van der Waals surface area contributed by atoms with Crippen LogP contribution in [0.3, 0.4) is 0 Å². The highest BCUT2D eigenvalue weighted by molar-refractivity contribution is 7.89. The van der Waals surface area contributed by atoms with Gasteiger partial charge in [-0.1, -0.05) is 6.07 Å². The summed E-state index contributed by atoms with van der Waals surface area (Å²) in [5.41, 5.74) is 2.59. The summed E-state index contributed by atoms with van der Waals surface area (Å²) in [6.45, 7) is 2.07. The Balaban J connectivity index is 1.16. The second-order valence-electron chi connectivity index (χ2n) is 10.3. The van der Waals surface area contributed by atoms with Crippen LogP contribution in [0.4, 0.5) is 8.78 Å². The molecule has 0 spiro atoms. The van der Waals surface area contributed by atoms with Crippen LogP contribution in [0.15, 0.2) is 46.4 Å². The molecule has 4 aliphatic rings. The van der Waals surface area contributed by atoms with E-state index in [0.717, 1.165) is 30.1 Å². The van der Waals surface area contributed by atoms with Crippen molar-refractivity contribution in [1.82, 2.24) is 14.5 Å². The number of ether oxygens (including phenoxy) is 2. The van der Waals surface area contributed by atoms with E-state index in [0.29, 0.717) is 48.9 Å². The lowest BCUT2D eigenvalue weighted by Gasteiger charge is -2.27. The molecule has 1 saturated carbocycles. The summed E-state index contributed by atoms with van der Waals surface area (Å²) in [6.07, 6.45) is 1.64. The minimum Gasteiger partial charge on any atom is -0.486 e. The second-order valence-corrected chi connectivity index (χ2v) is 12.2. The average Bonchev–Trinajstić information content (AvgIpc) is 3.55. The van der Waals surface area contributed by atoms with E-state index in [4.69, 9.17) is 9.47 Å². The van der Waals surface area contributed by atoms with E-state index < -0.39 is 27.6 Å². The van der Waals surface area contributed by atoms with Gasteiger partial charge in [0.2, 0.25) is 15.9 Å². The molecule has 1 aliphatic carbocycles. The van der Waals surface area contributed by atoms with E-state index in [1.807, 2.05) is 0 Å². The van der Waals surface area contributed by atoms with E-state index in [9.17, 15) is 22.0 Å². The van der Waals surface area contributed by atoms with Crippen LogP contribution in [-0.4, -0.2) is 76.5 Å². The van der Waals surface area contributed by atoms with Crippen LogP contribution in [0.2, 0.25) is 0 Å². The Hall–Kier alpha value is -3.02. The van der Waals surface area contributed by atoms with Gasteiger partial charge in [0.1, 0.15) is 13.2 Å². The summed E-state index contributed by atoms with van der Waals surface area (Å²) in [5.74, 6) is -1.69. The molecule has 11 heteroatoms. The number of halogens is 2. The van der Waals surface area contributed by atoms with Gasteiger partial charge in [0, 0.05) is 38.8 Å². The Morgan fingerprint density at radius 3 is 2.37 bits per heavy atom. The predicted octanol–water partition coefficient (Wildman–Crippen LogP) is 2.76. The van der Waals surface area contributed by atoms with Gasteiger partial charge in [-0.3, -0.25) is 4.79 Å². The first-order valence-corrected chi connectivity index (χ1v) is 14.2. The van der Waals surface area contributed by atoms with Crippen molar-refractivity contribution in [1.29, 1.82) is 0 Å². The topological polar surface area (TPSA) is 88.2 Å². The average molecular weight is 546 g/mol. The fourth-order valence-electron chi connectivity index (χ4n) is 5.50. The van der Waals surface area contributed by atoms with Crippen LogP contribution in [0.5, 0.6) is 11.5 Å². The van der Waals surface area contributed by atoms with E-state index in [1.165, 1.54) is 16.4 Å². The van der Waals surface area contributed by atoms with Crippen molar-refractivity contribution in [2.24, 2.45) is 0 Å². The monoisotopic (exact) mass is 545 g/mol. The van der Waals surface area contributed by atoms with Crippen LogP contribution in [0.1, 0.15) is 35.8 Å². The van der Waals surface area contributed by atoms with Gasteiger partial charge in [0.05, 0.1) is 10.8 Å². The molecule has 3 heterocycles. The molecule has 202 valence electrons. The van der Waals surface area contributed by atoms with Crippen LogP contribution in [-0.2, 0) is 14.8 Å². The first-order chi connectivity index (χ1) is 18.3. The van der Waals surface area contributed by atoms with Gasteiger partial charge in [-0.15, -0.1) is 0 Å². The summed E-state index contributed by atoms with van der Waals surface area (Å²) in [4.78, 5) is 15.4. The number of likely N-dealkylation sites (N-methyl/N-ethyl adjacent to an activating group) is 1. The maximum absolute atomic E-state index is 14.4. The second kappa shape index (κ2) is 9.62. The number of sulfonamides is 1. The Morgan fingerprint density at radius 2 is 1.71 bits per heavy atom. The highest BCUT2D eigenvalue weighted by Gasteiger charge is 2.40. The smallest absolute Gasteiger partial charge is 0.243 e. The van der Waals surface area contributed by atoms with Crippen molar-refractivity contribution in [2.45, 2.75) is 29.6 Å². The largest absolute Gasteiger partial charge is 0.486 e. The highest BCUT2D eigenvalue weighted by Crippen LogP contribution is 2.43. The van der Waals surface area contributed by atoms with Crippen molar-refractivity contribution in [3.63, 3.8) is 0 Å². The molecule has 1 amide bonds. The molecule has 2 aromatic rings.